The van der Waals surface area contributed by atoms with E-state index in [1.807, 2.05) is 0 Å². The second kappa shape index (κ2) is 5.22. The summed E-state index contributed by atoms with van der Waals surface area (Å²) in [5.74, 6) is -1.44. The monoisotopic (exact) mass is 261 g/mol. The molecule has 19 heavy (non-hydrogen) atoms. The minimum Gasteiger partial charge on any atom is -0.481 e. The van der Waals surface area contributed by atoms with Gasteiger partial charge in [0.05, 0.1) is 11.1 Å². The molecule has 2 amide bonds. The standard InChI is InChI=1S/C14H15NO4/c1-9(5-4-8-12(16)17)15-13(18)10-6-2-3-7-11(10)14(15)19/h2-3,6-7,9H,4-5,8H2,1H3,(H,16,17)/t9-/m0/s1. The maximum Gasteiger partial charge on any atom is 0.303 e. The number of hydrogen-bond acceptors (Lipinski definition) is 3. The molecule has 1 atom stereocenters. The quantitative estimate of drug-likeness (QED) is 0.822. The highest BCUT2D eigenvalue weighted by atomic mass is 16.4. The maximum atomic E-state index is 12.1. The third kappa shape index (κ3) is 2.50. The average molecular weight is 261 g/mol. The molecule has 0 unspecified atom stereocenters. The van der Waals surface area contributed by atoms with Gasteiger partial charge in [-0.3, -0.25) is 19.3 Å². The van der Waals surface area contributed by atoms with Gasteiger partial charge in [-0.15, -0.1) is 0 Å². The zero-order valence-electron chi connectivity index (χ0n) is 10.6. The Morgan fingerprint density at radius 2 is 1.74 bits per heavy atom. The van der Waals surface area contributed by atoms with E-state index in [-0.39, 0.29) is 24.3 Å². The van der Waals surface area contributed by atoms with Crippen molar-refractivity contribution in [3.63, 3.8) is 0 Å². The Balaban J connectivity index is 2.09. The lowest BCUT2D eigenvalue weighted by molar-refractivity contribution is -0.137. The summed E-state index contributed by atoms with van der Waals surface area (Å²) in [5, 5.41) is 8.59. The van der Waals surface area contributed by atoms with Crippen LogP contribution in [0.5, 0.6) is 0 Å². The maximum absolute atomic E-state index is 12.1. The van der Waals surface area contributed by atoms with E-state index in [1.165, 1.54) is 4.90 Å². The van der Waals surface area contributed by atoms with Gasteiger partial charge in [0, 0.05) is 12.5 Å². The van der Waals surface area contributed by atoms with E-state index >= 15 is 0 Å². The summed E-state index contributed by atoms with van der Waals surface area (Å²) in [5.41, 5.74) is 0.857. The lowest BCUT2D eigenvalue weighted by Crippen LogP contribution is -2.38. The summed E-state index contributed by atoms with van der Waals surface area (Å²) in [7, 11) is 0. The van der Waals surface area contributed by atoms with E-state index in [1.54, 1.807) is 31.2 Å². The Bertz CT molecular complexity index is 503. The van der Waals surface area contributed by atoms with Gasteiger partial charge in [-0.05, 0) is 31.9 Å². The van der Waals surface area contributed by atoms with Crippen LogP contribution in [-0.4, -0.2) is 33.8 Å². The van der Waals surface area contributed by atoms with Gasteiger partial charge >= 0.3 is 5.97 Å². The van der Waals surface area contributed by atoms with Gasteiger partial charge in [-0.2, -0.15) is 0 Å². The molecule has 0 fully saturated rings. The van der Waals surface area contributed by atoms with Gasteiger partial charge in [0.15, 0.2) is 0 Å². The molecule has 0 aliphatic carbocycles. The van der Waals surface area contributed by atoms with Crippen LogP contribution in [0.4, 0.5) is 0 Å². The normalized spacial score (nSPS) is 15.5. The van der Waals surface area contributed by atoms with Crippen molar-refractivity contribution >= 4 is 17.8 Å². The van der Waals surface area contributed by atoms with Gasteiger partial charge in [0.25, 0.3) is 11.8 Å². The summed E-state index contributed by atoms with van der Waals surface area (Å²) < 4.78 is 0. The van der Waals surface area contributed by atoms with Gasteiger partial charge < -0.3 is 5.11 Å². The molecule has 1 N–H and O–H groups in total. The zero-order valence-corrected chi connectivity index (χ0v) is 10.6. The molecule has 0 aromatic heterocycles. The fourth-order valence-electron chi connectivity index (χ4n) is 2.29. The number of hydrogen-bond donors (Lipinski definition) is 1. The van der Waals surface area contributed by atoms with Crippen molar-refractivity contribution in [3.8, 4) is 0 Å². The molecule has 0 saturated heterocycles. The molecule has 1 aliphatic heterocycles. The first kappa shape index (κ1) is 13.3. The fourth-order valence-corrected chi connectivity index (χ4v) is 2.29. The van der Waals surface area contributed by atoms with Crippen LogP contribution in [-0.2, 0) is 4.79 Å². The SMILES string of the molecule is C[C@@H](CCCC(=O)O)N1C(=O)c2ccccc2C1=O. The van der Waals surface area contributed by atoms with Crippen molar-refractivity contribution in [1.82, 2.24) is 4.90 Å². The lowest BCUT2D eigenvalue weighted by Gasteiger charge is -2.22. The summed E-state index contributed by atoms with van der Waals surface area (Å²) in [6.45, 7) is 1.77. The van der Waals surface area contributed by atoms with Crippen molar-refractivity contribution < 1.29 is 19.5 Å². The Morgan fingerprint density at radius 1 is 1.21 bits per heavy atom. The van der Waals surface area contributed by atoms with Crippen LogP contribution >= 0.6 is 0 Å². The number of aliphatic carboxylic acids is 1. The largest absolute Gasteiger partial charge is 0.481 e. The van der Waals surface area contributed by atoms with Gasteiger partial charge in [0.2, 0.25) is 0 Å². The average Bonchev–Trinajstić information content (AvgIpc) is 2.62. The summed E-state index contributed by atoms with van der Waals surface area (Å²) in [4.78, 5) is 36.0. The minimum atomic E-state index is -0.866. The van der Waals surface area contributed by atoms with Gasteiger partial charge in [-0.25, -0.2) is 0 Å². The molecule has 0 bridgehead atoms. The molecule has 1 aliphatic rings. The smallest absolute Gasteiger partial charge is 0.303 e. The number of carboxylic acid groups (broad SMARTS) is 1. The fraction of sp³-hybridized carbons (Fsp3) is 0.357. The van der Waals surface area contributed by atoms with E-state index in [0.29, 0.717) is 24.0 Å². The molecule has 1 aromatic rings. The van der Waals surface area contributed by atoms with Crippen LogP contribution in [0.2, 0.25) is 0 Å². The number of carboxylic acids is 1. The first-order valence-electron chi connectivity index (χ1n) is 6.21. The van der Waals surface area contributed by atoms with Gasteiger partial charge in [-0.1, -0.05) is 12.1 Å². The van der Waals surface area contributed by atoms with Crippen molar-refractivity contribution in [3.05, 3.63) is 35.4 Å². The first-order chi connectivity index (χ1) is 9.02. The summed E-state index contributed by atoms with van der Waals surface area (Å²) >= 11 is 0. The highest BCUT2D eigenvalue weighted by Crippen LogP contribution is 2.25. The van der Waals surface area contributed by atoms with E-state index < -0.39 is 5.97 Å². The van der Waals surface area contributed by atoms with E-state index in [4.69, 9.17) is 5.11 Å². The van der Waals surface area contributed by atoms with Crippen LogP contribution < -0.4 is 0 Å². The minimum absolute atomic E-state index is 0.0491. The Hall–Kier alpha value is -2.17. The highest BCUT2D eigenvalue weighted by molar-refractivity contribution is 6.21. The Kier molecular flexibility index (Phi) is 3.64. The summed E-state index contributed by atoms with van der Waals surface area (Å²) in [6, 6.07) is 6.44. The second-order valence-corrected chi connectivity index (χ2v) is 4.66. The molecule has 100 valence electrons. The van der Waals surface area contributed by atoms with Crippen molar-refractivity contribution in [2.45, 2.75) is 32.2 Å². The molecule has 1 aromatic carbocycles. The number of carbonyl (C=O) groups is 3. The third-order valence-corrected chi connectivity index (χ3v) is 3.28. The number of imide groups is 1. The molecular weight excluding hydrogens is 246 g/mol. The predicted molar refractivity (Wildman–Crippen MR) is 67.9 cm³/mol. The van der Waals surface area contributed by atoms with E-state index in [2.05, 4.69) is 0 Å². The predicted octanol–water partition coefficient (Wildman–Crippen LogP) is 1.93. The lowest BCUT2D eigenvalue weighted by atomic mass is 10.1. The number of amides is 2. The van der Waals surface area contributed by atoms with Crippen LogP contribution in [0.15, 0.2) is 24.3 Å². The molecule has 5 nitrogen and oxygen atoms in total. The molecule has 1 heterocycles. The molecular formula is C14H15NO4. The van der Waals surface area contributed by atoms with Crippen LogP contribution in [0, 0.1) is 0 Å². The Morgan fingerprint density at radius 3 is 2.21 bits per heavy atom. The number of fused-ring (bicyclic) bond motifs is 1. The van der Waals surface area contributed by atoms with Crippen LogP contribution in [0.1, 0.15) is 46.9 Å². The van der Waals surface area contributed by atoms with Crippen molar-refractivity contribution in [2.75, 3.05) is 0 Å². The third-order valence-electron chi connectivity index (χ3n) is 3.28. The molecule has 0 radical (unpaired) electrons. The molecule has 0 spiro atoms. The zero-order chi connectivity index (χ0) is 14.0. The molecule has 5 heteroatoms. The van der Waals surface area contributed by atoms with E-state index in [0.717, 1.165) is 0 Å². The molecule has 2 rings (SSSR count). The topological polar surface area (TPSA) is 74.7 Å². The number of carbonyl (C=O) groups excluding carboxylic acids is 2. The Labute approximate surface area is 110 Å². The number of nitrogens with zero attached hydrogens (tertiary/aromatic N) is 1. The van der Waals surface area contributed by atoms with Gasteiger partial charge in [0.1, 0.15) is 0 Å². The van der Waals surface area contributed by atoms with E-state index in [9.17, 15) is 14.4 Å². The number of rotatable bonds is 5. The van der Waals surface area contributed by atoms with Crippen molar-refractivity contribution in [2.24, 2.45) is 0 Å². The molecule has 0 saturated carbocycles. The van der Waals surface area contributed by atoms with Crippen LogP contribution in [0.25, 0.3) is 0 Å². The summed E-state index contributed by atoms with van der Waals surface area (Å²) in [6.07, 6.45) is 0.995. The first-order valence-corrected chi connectivity index (χ1v) is 6.21. The number of benzene rings is 1. The van der Waals surface area contributed by atoms with Crippen molar-refractivity contribution in [1.29, 1.82) is 0 Å². The highest BCUT2D eigenvalue weighted by Gasteiger charge is 2.37. The second-order valence-electron chi connectivity index (χ2n) is 4.66. The van der Waals surface area contributed by atoms with Crippen LogP contribution in [0.3, 0.4) is 0 Å².